The summed E-state index contributed by atoms with van der Waals surface area (Å²) >= 11 is 5.72. The third kappa shape index (κ3) is 3.88. The van der Waals surface area contributed by atoms with Crippen molar-refractivity contribution in [2.45, 2.75) is 13.2 Å². The molecule has 1 aliphatic heterocycles. The average molecular weight is 396 g/mol. The van der Waals surface area contributed by atoms with Gasteiger partial charge in [0.2, 0.25) is 4.77 Å². The van der Waals surface area contributed by atoms with Crippen molar-refractivity contribution in [2.75, 3.05) is 31.1 Å². The minimum absolute atomic E-state index is 0.642. The molecule has 1 fully saturated rings. The highest BCUT2D eigenvalue weighted by Gasteiger charge is 2.26. The monoisotopic (exact) mass is 395 g/mol. The van der Waals surface area contributed by atoms with Crippen molar-refractivity contribution < 1.29 is 9.88 Å². The maximum Gasteiger partial charge on any atom is 0.274 e. The number of hydrogen-bond donors (Lipinski definition) is 1. The number of aromatic nitrogens is 5. The molecule has 2 N–H and O–H groups in total. The van der Waals surface area contributed by atoms with Crippen LogP contribution in [0, 0.1) is 4.77 Å². The second kappa shape index (κ2) is 8.45. The summed E-state index contributed by atoms with van der Waals surface area (Å²) in [6.45, 7) is 9.38. The van der Waals surface area contributed by atoms with E-state index in [4.69, 9.17) is 17.3 Å². The molecule has 0 unspecified atom stereocenters. The van der Waals surface area contributed by atoms with Gasteiger partial charge in [-0.3, -0.25) is 14.5 Å². The highest BCUT2D eigenvalue weighted by Crippen LogP contribution is 2.17. The molecule has 0 aromatic carbocycles. The molecule has 3 aromatic rings. The second-order valence-corrected chi connectivity index (χ2v) is 7.25. The molecule has 3 aromatic heterocycles. The van der Waals surface area contributed by atoms with Crippen molar-refractivity contribution in [2.24, 2.45) is 0 Å². The van der Waals surface area contributed by atoms with Crippen LogP contribution in [-0.4, -0.2) is 45.5 Å². The maximum atomic E-state index is 5.72. The van der Waals surface area contributed by atoms with Crippen LogP contribution in [0.5, 0.6) is 0 Å². The van der Waals surface area contributed by atoms with Crippen molar-refractivity contribution in [3.05, 3.63) is 66.3 Å². The van der Waals surface area contributed by atoms with E-state index in [0.29, 0.717) is 6.54 Å². The zero-order chi connectivity index (χ0) is 19.3. The maximum absolute atomic E-state index is 5.72. The van der Waals surface area contributed by atoms with E-state index in [0.717, 1.165) is 49.0 Å². The molecule has 8 heteroatoms. The largest absolute Gasteiger partial charge is 0.310 e. The molecule has 0 bridgehead atoms. The third-order valence-corrected chi connectivity index (χ3v) is 5.48. The Kier molecular flexibility index (Phi) is 5.59. The first-order chi connectivity index (χ1) is 13.8. The normalized spacial score (nSPS) is 14.9. The summed E-state index contributed by atoms with van der Waals surface area (Å²) < 4.78 is 4.72. The Hall–Kier alpha value is -2.84. The fraction of sp³-hybridized carbons (Fsp3) is 0.300. The van der Waals surface area contributed by atoms with Crippen LogP contribution < -0.4 is 14.8 Å². The van der Waals surface area contributed by atoms with E-state index in [1.165, 1.54) is 10.7 Å². The molecule has 0 amide bonds. The smallest absolute Gasteiger partial charge is 0.274 e. The molecule has 28 heavy (non-hydrogen) atoms. The topological polar surface area (TPSA) is 57.5 Å². The minimum atomic E-state index is 0.642. The number of H-pyrrole nitrogens is 1. The van der Waals surface area contributed by atoms with Crippen LogP contribution in [0.25, 0.3) is 11.4 Å². The molecule has 7 nitrogen and oxygen atoms in total. The molecule has 0 aliphatic carbocycles. The first kappa shape index (κ1) is 18.5. The molecular formula is C20H25N7S+2. The predicted octanol–water partition coefficient (Wildman–Crippen LogP) is 0.839. The lowest BCUT2D eigenvalue weighted by molar-refractivity contribution is -0.924. The van der Waals surface area contributed by atoms with Crippen LogP contribution in [0.3, 0.4) is 0 Å². The van der Waals surface area contributed by atoms with E-state index in [1.54, 1.807) is 12.4 Å². The Morgan fingerprint density at radius 3 is 2.64 bits per heavy atom. The SMILES string of the molecule is C=CCn1c(-c2ccncc2)nn(C[NH+]2CCN(c3cccc[nH+]3)CC2)c1=S. The number of pyridine rings is 2. The zero-order valence-electron chi connectivity index (χ0n) is 15.8. The molecule has 144 valence electrons. The molecule has 1 saturated heterocycles. The number of hydrogen-bond acceptors (Lipinski definition) is 4. The molecule has 4 rings (SSSR count). The van der Waals surface area contributed by atoms with Gasteiger partial charge < -0.3 is 4.90 Å². The highest BCUT2D eigenvalue weighted by atomic mass is 32.1. The van der Waals surface area contributed by atoms with Gasteiger partial charge in [0, 0.05) is 30.6 Å². The average Bonchev–Trinajstić information content (AvgIpc) is 3.06. The van der Waals surface area contributed by atoms with E-state index < -0.39 is 0 Å². The first-order valence-electron chi connectivity index (χ1n) is 9.50. The van der Waals surface area contributed by atoms with E-state index in [-0.39, 0.29) is 0 Å². The molecular weight excluding hydrogens is 370 g/mol. The predicted molar refractivity (Wildman–Crippen MR) is 110 cm³/mol. The van der Waals surface area contributed by atoms with Crippen LogP contribution >= 0.6 is 12.2 Å². The summed E-state index contributed by atoms with van der Waals surface area (Å²) in [4.78, 5) is 11.3. The summed E-state index contributed by atoms with van der Waals surface area (Å²) in [6.07, 6.45) is 7.39. The lowest BCUT2D eigenvalue weighted by atomic mass is 10.2. The number of quaternary nitrogens is 1. The fourth-order valence-electron chi connectivity index (χ4n) is 3.57. The van der Waals surface area contributed by atoms with Gasteiger partial charge in [-0.1, -0.05) is 12.1 Å². The second-order valence-electron chi connectivity index (χ2n) is 6.88. The Morgan fingerprint density at radius 2 is 1.96 bits per heavy atom. The summed E-state index contributed by atoms with van der Waals surface area (Å²) in [5.41, 5.74) is 1.01. The highest BCUT2D eigenvalue weighted by molar-refractivity contribution is 7.71. The fourth-order valence-corrected chi connectivity index (χ4v) is 3.83. The van der Waals surface area contributed by atoms with Gasteiger partial charge in [-0.15, -0.1) is 11.7 Å². The number of aromatic amines is 1. The quantitative estimate of drug-likeness (QED) is 0.496. The van der Waals surface area contributed by atoms with Crippen molar-refractivity contribution in [3.8, 4) is 11.4 Å². The van der Waals surface area contributed by atoms with Gasteiger partial charge in [-0.2, -0.15) is 4.68 Å². The molecule has 0 saturated carbocycles. The van der Waals surface area contributed by atoms with Crippen molar-refractivity contribution >= 4 is 18.0 Å². The van der Waals surface area contributed by atoms with Gasteiger partial charge in [-0.05, 0) is 30.4 Å². The van der Waals surface area contributed by atoms with Gasteiger partial charge in [0.25, 0.3) is 5.82 Å². The Labute approximate surface area is 169 Å². The number of allylic oxidation sites excluding steroid dienone is 1. The molecule has 1 aliphatic rings. The van der Waals surface area contributed by atoms with Crippen LogP contribution in [0.2, 0.25) is 0 Å². The van der Waals surface area contributed by atoms with Gasteiger partial charge in [0.1, 0.15) is 26.2 Å². The van der Waals surface area contributed by atoms with E-state index >= 15 is 0 Å². The van der Waals surface area contributed by atoms with Crippen LogP contribution in [0.1, 0.15) is 0 Å². The Bertz CT molecular complexity index is 973. The standard InChI is InChI=1S/C20H23N7S/c1-2-11-26-19(17-6-9-21-10-7-17)23-27(20(26)28)16-24-12-14-25(15-13-24)18-5-3-4-8-22-18/h2-10H,1,11-16H2/p+2. The number of nitrogens with one attached hydrogen (secondary N) is 2. The van der Waals surface area contributed by atoms with Crippen LogP contribution in [-0.2, 0) is 13.2 Å². The van der Waals surface area contributed by atoms with E-state index in [1.807, 2.05) is 39.7 Å². The lowest BCUT2D eigenvalue weighted by Gasteiger charge is -2.27. The molecule has 0 atom stereocenters. The van der Waals surface area contributed by atoms with Crippen LogP contribution in [0.15, 0.2) is 61.6 Å². The van der Waals surface area contributed by atoms with Gasteiger partial charge in [0.05, 0.1) is 6.20 Å². The van der Waals surface area contributed by atoms with Gasteiger partial charge in [0.15, 0.2) is 12.5 Å². The number of nitrogens with zero attached hydrogens (tertiary/aromatic N) is 5. The first-order valence-corrected chi connectivity index (χ1v) is 9.91. The van der Waals surface area contributed by atoms with E-state index in [9.17, 15) is 0 Å². The summed E-state index contributed by atoms with van der Waals surface area (Å²) in [5.74, 6) is 2.04. The zero-order valence-corrected chi connectivity index (χ0v) is 16.6. The number of rotatable bonds is 6. The summed E-state index contributed by atoms with van der Waals surface area (Å²) in [5, 5.41) is 4.83. The van der Waals surface area contributed by atoms with E-state index in [2.05, 4.69) is 33.6 Å². The lowest BCUT2D eigenvalue weighted by Crippen LogP contribution is -3.14. The molecule has 0 spiro atoms. The summed E-state index contributed by atoms with van der Waals surface area (Å²) in [7, 11) is 0. The van der Waals surface area contributed by atoms with Gasteiger partial charge >= 0.3 is 0 Å². The van der Waals surface area contributed by atoms with Crippen LogP contribution in [0.4, 0.5) is 5.82 Å². The minimum Gasteiger partial charge on any atom is -0.310 e. The van der Waals surface area contributed by atoms with Crippen molar-refractivity contribution in [1.29, 1.82) is 0 Å². The van der Waals surface area contributed by atoms with Crippen molar-refractivity contribution in [3.63, 3.8) is 0 Å². The Morgan fingerprint density at radius 1 is 1.18 bits per heavy atom. The Balaban J connectivity index is 1.50. The van der Waals surface area contributed by atoms with Crippen molar-refractivity contribution in [1.82, 2.24) is 19.3 Å². The molecule has 4 heterocycles. The summed E-state index contributed by atoms with van der Waals surface area (Å²) in [6, 6.07) is 10.1. The van der Waals surface area contributed by atoms with Gasteiger partial charge in [-0.25, -0.2) is 4.98 Å². The number of anilines is 1. The molecule has 0 radical (unpaired) electrons. The third-order valence-electron chi connectivity index (χ3n) is 5.05. The number of piperazine rings is 1.